The van der Waals surface area contributed by atoms with Gasteiger partial charge in [-0.15, -0.1) is 0 Å². The Labute approximate surface area is 126 Å². The van der Waals surface area contributed by atoms with Crippen molar-refractivity contribution < 1.29 is 10.0 Å². The molecule has 110 valence electrons. The van der Waals surface area contributed by atoms with Crippen LogP contribution in [0, 0.1) is 32.8 Å². The topological polar surface area (TPSA) is 123 Å². The summed E-state index contributed by atoms with van der Waals surface area (Å²) in [6, 6.07) is 7.59. The second-order valence-corrected chi connectivity index (χ2v) is 4.86. The Bertz CT molecular complexity index is 773. The van der Waals surface area contributed by atoms with Crippen molar-refractivity contribution in [2.45, 2.75) is 19.8 Å². The maximum atomic E-state index is 10.9. The first kappa shape index (κ1) is 15.1. The molecule has 2 N–H and O–H groups in total. The molecule has 0 saturated heterocycles. The molecular formula is C15H12N4O3. The molecule has 2 rings (SSSR count). The van der Waals surface area contributed by atoms with E-state index in [0.717, 1.165) is 0 Å². The van der Waals surface area contributed by atoms with E-state index < -0.39 is 10.8 Å². The van der Waals surface area contributed by atoms with E-state index in [-0.39, 0.29) is 28.1 Å². The number of nitrogens with zero attached hydrogens (tertiary/aromatic N) is 3. The lowest BCUT2D eigenvalue weighted by Gasteiger charge is -2.26. The number of aromatic hydroxyl groups is 1. The summed E-state index contributed by atoms with van der Waals surface area (Å²) in [5.74, 6) is -1.02. The van der Waals surface area contributed by atoms with Crippen molar-refractivity contribution in [3.63, 3.8) is 0 Å². The van der Waals surface area contributed by atoms with Crippen LogP contribution in [0.25, 0.3) is 0 Å². The number of benzene rings is 1. The van der Waals surface area contributed by atoms with Crippen LogP contribution in [0.15, 0.2) is 40.7 Å². The van der Waals surface area contributed by atoms with E-state index in [2.05, 4.69) is 5.32 Å². The second kappa shape index (κ2) is 5.58. The van der Waals surface area contributed by atoms with Crippen molar-refractivity contribution in [2.24, 2.45) is 0 Å². The number of nitro benzene ring substituents is 1. The largest absolute Gasteiger partial charge is 0.508 e. The summed E-state index contributed by atoms with van der Waals surface area (Å²) < 4.78 is 0. The van der Waals surface area contributed by atoms with Gasteiger partial charge in [-0.05, 0) is 19.9 Å². The molecule has 1 aromatic carbocycles. The molecule has 7 heteroatoms. The molecule has 1 aliphatic rings. The van der Waals surface area contributed by atoms with E-state index in [1.807, 2.05) is 12.1 Å². The first-order valence-corrected chi connectivity index (χ1v) is 6.36. The van der Waals surface area contributed by atoms with Crippen LogP contribution in [0.4, 0.5) is 5.69 Å². The van der Waals surface area contributed by atoms with Crippen LogP contribution in [-0.2, 0) is 0 Å². The van der Waals surface area contributed by atoms with Crippen molar-refractivity contribution in [3.8, 4) is 17.9 Å². The highest BCUT2D eigenvalue weighted by atomic mass is 16.6. The monoisotopic (exact) mass is 296 g/mol. The van der Waals surface area contributed by atoms with Gasteiger partial charge in [0.1, 0.15) is 5.75 Å². The first-order valence-electron chi connectivity index (χ1n) is 6.36. The number of allylic oxidation sites excluding steroid dienone is 4. The average molecular weight is 296 g/mol. The summed E-state index contributed by atoms with van der Waals surface area (Å²) >= 11 is 0. The molecule has 0 unspecified atom stereocenters. The zero-order chi connectivity index (χ0) is 16.4. The third-order valence-electron chi connectivity index (χ3n) is 3.53. The predicted octanol–water partition coefficient (Wildman–Crippen LogP) is 2.58. The van der Waals surface area contributed by atoms with Gasteiger partial charge < -0.3 is 10.4 Å². The molecule has 0 atom stereocenters. The molecule has 0 aromatic heterocycles. The number of phenols is 1. The second-order valence-electron chi connectivity index (χ2n) is 4.86. The number of non-ortho nitro benzene ring substituents is 1. The molecule has 0 bridgehead atoms. The van der Waals surface area contributed by atoms with Crippen LogP contribution in [0.2, 0.25) is 0 Å². The van der Waals surface area contributed by atoms with Crippen LogP contribution in [0.5, 0.6) is 5.75 Å². The van der Waals surface area contributed by atoms with Crippen LogP contribution in [0.1, 0.15) is 25.3 Å². The van der Waals surface area contributed by atoms with Gasteiger partial charge in [-0.3, -0.25) is 10.1 Å². The maximum Gasteiger partial charge on any atom is 0.270 e. The zero-order valence-electron chi connectivity index (χ0n) is 11.9. The van der Waals surface area contributed by atoms with E-state index in [0.29, 0.717) is 11.4 Å². The third-order valence-corrected chi connectivity index (χ3v) is 3.53. The van der Waals surface area contributed by atoms with Gasteiger partial charge in [0.05, 0.1) is 34.1 Å². The van der Waals surface area contributed by atoms with Crippen molar-refractivity contribution in [1.82, 2.24) is 5.32 Å². The van der Waals surface area contributed by atoms with Crippen molar-refractivity contribution in [3.05, 3.63) is 56.4 Å². The Hall–Kier alpha value is -3.32. The molecule has 1 heterocycles. The summed E-state index contributed by atoms with van der Waals surface area (Å²) in [7, 11) is 0. The van der Waals surface area contributed by atoms with Gasteiger partial charge in [0, 0.05) is 29.1 Å². The molecule has 0 saturated carbocycles. The van der Waals surface area contributed by atoms with Crippen LogP contribution in [-0.4, -0.2) is 10.0 Å². The van der Waals surface area contributed by atoms with E-state index in [1.54, 1.807) is 13.8 Å². The number of hydrogen-bond acceptors (Lipinski definition) is 6. The molecule has 0 fully saturated rings. The molecule has 22 heavy (non-hydrogen) atoms. The van der Waals surface area contributed by atoms with Crippen molar-refractivity contribution in [1.29, 1.82) is 10.5 Å². The van der Waals surface area contributed by atoms with Gasteiger partial charge >= 0.3 is 0 Å². The van der Waals surface area contributed by atoms with E-state index in [9.17, 15) is 25.7 Å². The molecule has 0 amide bonds. The highest BCUT2D eigenvalue weighted by Crippen LogP contribution is 2.41. The first-order chi connectivity index (χ1) is 10.4. The number of nitriles is 2. The maximum absolute atomic E-state index is 10.9. The molecule has 1 aromatic rings. The van der Waals surface area contributed by atoms with Crippen LogP contribution in [0.3, 0.4) is 0 Å². The fraction of sp³-hybridized carbons (Fsp3) is 0.200. The van der Waals surface area contributed by atoms with Crippen LogP contribution < -0.4 is 5.32 Å². The Morgan fingerprint density at radius 2 is 1.77 bits per heavy atom. The molecule has 1 aliphatic heterocycles. The van der Waals surface area contributed by atoms with E-state index in [1.165, 1.54) is 18.2 Å². The summed E-state index contributed by atoms with van der Waals surface area (Å²) in [4.78, 5) is 10.3. The van der Waals surface area contributed by atoms with E-state index in [4.69, 9.17) is 0 Å². The van der Waals surface area contributed by atoms with Gasteiger partial charge in [0.2, 0.25) is 0 Å². The Balaban J connectivity index is 2.74. The molecule has 0 aliphatic carbocycles. The Morgan fingerprint density at radius 1 is 1.23 bits per heavy atom. The number of nitrogens with one attached hydrogen (secondary N) is 1. The van der Waals surface area contributed by atoms with Gasteiger partial charge in [0.15, 0.2) is 0 Å². The minimum Gasteiger partial charge on any atom is -0.508 e. The van der Waals surface area contributed by atoms with Gasteiger partial charge in [0.25, 0.3) is 5.69 Å². The Kier molecular flexibility index (Phi) is 3.83. The van der Waals surface area contributed by atoms with Crippen LogP contribution >= 0.6 is 0 Å². The fourth-order valence-electron chi connectivity index (χ4n) is 2.49. The number of dihydropyridines is 1. The normalized spacial score (nSPS) is 15.1. The summed E-state index contributed by atoms with van der Waals surface area (Å²) in [5.41, 5.74) is 1.56. The highest BCUT2D eigenvalue weighted by molar-refractivity contribution is 5.59. The minimum absolute atomic E-state index is 0.169. The molecule has 7 nitrogen and oxygen atoms in total. The summed E-state index contributed by atoms with van der Waals surface area (Å²) in [6.45, 7) is 3.36. The lowest BCUT2D eigenvalue weighted by Crippen LogP contribution is -2.23. The number of hydrogen-bond donors (Lipinski definition) is 2. The number of phenolic OH excluding ortho intramolecular Hbond substituents is 1. The molecule has 0 spiro atoms. The SMILES string of the molecule is CC1=C(C#N)C(c2cc([N+](=O)[O-])ccc2O)C(C#N)=C(C)N1. The van der Waals surface area contributed by atoms with Gasteiger partial charge in [-0.1, -0.05) is 0 Å². The van der Waals surface area contributed by atoms with Gasteiger partial charge in [-0.2, -0.15) is 10.5 Å². The summed E-state index contributed by atoms with van der Waals surface area (Å²) in [5, 5.41) is 42.7. The lowest BCUT2D eigenvalue weighted by atomic mass is 9.81. The molecular weight excluding hydrogens is 284 g/mol. The summed E-state index contributed by atoms with van der Waals surface area (Å²) in [6.07, 6.45) is 0. The fourth-order valence-corrected chi connectivity index (χ4v) is 2.49. The number of rotatable bonds is 2. The predicted molar refractivity (Wildman–Crippen MR) is 77.3 cm³/mol. The average Bonchev–Trinajstić information content (AvgIpc) is 2.47. The van der Waals surface area contributed by atoms with Crippen molar-refractivity contribution >= 4 is 5.69 Å². The standard InChI is InChI=1S/C15H12N4O3/c1-8-12(6-16)15(13(7-17)9(2)18-8)11-5-10(19(21)22)3-4-14(11)20/h3-5,15,18,20H,1-2H3. The zero-order valence-corrected chi connectivity index (χ0v) is 11.9. The lowest BCUT2D eigenvalue weighted by molar-refractivity contribution is -0.384. The van der Waals surface area contributed by atoms with Crippen molar-refractivity contribution in [2.75, 3.05) is 0 Å². The number of nitro groups is 1. The molecule has 0 radical (unpaired) electrons. The smallest absolute Gasteiger partial charge is 0.270 e. The highest BCUT2D eigenvalue weighted by Gasteiger charge is 2.32. The third kappa shape index (κ3) is 2.36. The quantitative estimate of drug-likeness (QED) is 0.638. The minimum atomic E-state index is -0.823. The Morgan fingerprint density at radius 3 is 2.23 bits per heavy atom. The van der Waals surface area contributed by atoms with Gasteiger partial charge in [-0.25, -0.2) is 0 Å². The van der Waals surface area contributed by atoms with E-state index >= 15 is 0 Å².